The molecule has 1 aromatic rings. The molecule has 0 saturated carbocycles. The highest BCUT2D eigenvalue weighted by molar-refractivity contribution is 7.89. The van der Waals surface area contributed by atoms with Crippen LogP contribution in [0.15, 0.2) is 17.3 Å². The van der Waals surface area contributed by atoms with Crippen LogP contribution in [0.3, 0.4) is 0 Å². The Hall–Kier alpha value is -0.630. The number of ether oxygens (including phenoxy) is 1. The topological polar surface area (TPSA) is 64.4 Å². The van der Waals surface area contributed by atoms with Gasteiger partial charge in [-0.1, -0.05) is 0 Å². The summed E-state index contributed by atoms with van der Waals surface area (Å²) in [4.78, 5) is 0.245. The zero-order chi connectivity index (χ0) is 13.9. The van der Waals surface area contributed by atoms with E-state index in [0.717, 1.165) is 0 Å². The molecule has 1 saturated heterocycles. The standard InChI is InChI=1S/C11H18ClN3O3S/c1-14-9-11(8-13-14)19(16,17)15-5-2-10(3-6-15)18-7-4-12/h8-10H,2-7H2,1H3. The van der Waals surface area contributed by atoms with Crippen molar-refractivity contribution in [2.45, 2.75) is 23.8 Å². The molecule has 0 amide bonds. The first-order valence-corrected chi connectivity index (χ1v) is 8.18. The van der Waals surface area contributed by atoms with Crippen molar-refractivity contribution in [3.63, 3.8) is 0 Å². The highest BCUT2D eigenvalue weighted by Gasteiger charge is 2.30. The molecule has 1 fully saturated rings. The van der Waals surface area contributed by atoms with Gasteiger partial charge in [-0.2, -0.15) is 9.40 Å². The van der Waals surface area contributed by atoms with Crippen molar-refractivity contribution in [3.8, 4) is 0 Å². The van der Waals surface area contributed by atoms with Crippen LogP contribution in [0.4, 0.5) is 0 Å². The first-order valence-electron chi connectivity index (χ1n) is 6.20. The van der Waals surface area contributed by atoms with Gasteiger partial charge in [0.25, 0.3) is 0 Å². The Bertz CT molecular complexity index is 509. The lowest BCUT2D eigenvalue weighted by atomic mass is 10.1. The van der Waals surface area contributed by atoms with E-state index < -0.39 is 10.0 Å². The van der Waals surface area contributed by atoms with E-state index in [1.165, 1.54) is 21.4 Å². The van der Waals surface area contributed by atoms with E-state index in [9.17, 15) is 8.42 Å². The van der Waals surface area contributed by atoms with Gasteiger partial charge in [-0.3, -0.25) is 4.68 Å². The smallest absolute Gasteiger partial charge is 0.246 e. The molecule has 8 heteroatoms. The van der Waals surface area contributed by atoms with Crippen molar-refractivity contribution in [2.24, 2.45) is 7.05 Å². The van der Waals surface area contributed by atoms with Crippen molar-refractivity contribution in [1.82, 2.24) is 14.1 Å². The van der Waals surface area contributed by atoms with E-state index in [-0.39, 0.29) is 11.0 Å². The van der Waals surface area contributed by atoms with E-state index in [0.29, 0.717) is 38.4 Å². The third kappa shape index (κ3) is 3.47. The largest absolute Gasteiger partial charge is 0.377 e. The molecule has 0 unspecified atom stereocenters. The summed E-state index contributed by atoms with van der Waals surface area (Å²) in [6.45, 7) is 1.47. The predicted molar refractivity (Wildman–Crippen MR) is 71.7 cm³/mol. The highest BCUT2D eigenvalue weighted by atomic mass is 35.5. The van der Waals surface area contributed by atoms with Gasteiger partial charge >= 0.3 is 0 Å². The third-order valence-corrected chi connectivity index (χ3v) is 5.16. The van der Waals surface area contributed by atoms with Gasteiger partial charge in [0.2, 0.25) is 10.0 Å². The zero-order valence-corrected chi connectivity index (χ0v) is 12.4. The number of aromatic nitrogens is 2. The lowest BCUT2D eigenvalue weighted by molar-refractivity contribution is 0.0301. The van der Waals surface area contributed by atoms with Crippen LogP contribution in [0.25, 0.3) is 0 Å². The maximum absolute atomic E-state index is 12.3. The minimum atomic E-state index is -3.42. The average Bonchev–Trinajstić information content (AvgIpc) is 2.84. The summed E-state index contributed by atoms with van der Waals surface area (Å²) in [6, 6.07) is 0. The zero-order valence-electron chi connectivity index (χ0n) is 10.8. The first-order chi connectivity index (χ1) is 9.04. The van der Waals surface area contributed by atoms with Crippen LogP contribution in [-0.2, 0) is 21.8 Å². The van der Waals surface area contributed by atoms with Crippen molar-refractivity contribution in [1.29, 1.82) is 0 Å². The summed E-state index contributed by atoms with van der Waals surface area (Å²) >= 11 is 5.56. The Balaban J connectivity index is 1.97. The van der Waals surface area contributed by atoms with Crippen LogP contribution in [-0.4, -0.2) is 54.2 Å². The van der Waals surface area contributed by atoms with Gasteiger partial charge in [-0.25, -0.2) is 8.42 Å². The number of hydrogen-bond acceptors (Lipinski definition) is 4. The minimum Gasteiger partial charge on any atom is -0.377 e. The molecule has 1 aliphatic rings. The summed E-state index contributed by atoms with van der Waals surface area (Å²) in [6.07, 6.45) is 4.42. The second-order valence-corrected chi connectivity index (χ2v) is 6.83. The van der Waals surface area contributed by atoms with Crippen molar-refractivity contribution in [3.05, 3.63) is 12.4 Å². The average molecular weight is 308 g/mol. The van der Waals surface area contributed by atoms with E-state index in [1.807, 2.05) is 0 Å². The van der Waals surface area contributed by atoms with Crippen LogP contribution in [0.2, 0.25) is 0 Å². The van der Waals surface area contributed by atoms with E-state index >= 15 is 0 Å². The number of aryl methyl sites for hydroxylation is 1. The van der Waals surface area contributed by atoms with Gasteiger partial charge in [0.15, 0.2) is 0 Å². The number of hydrogen-bond donors (Lipinski definition) is 0. The molecule has 2 heterocycles. The second kappa shape index (κ2) is 6.21. The molecule has 0 aromatic carbocycles. The van der Waals surface area contributed by atoms with Crippen molar-refractivity contribution in [2.75, 3.05) is 25.6 Å². The molecule has 0 atom stereocenters. The lowest BCUT2D eigenvalue weighted by Crippen LogP contribution is -2.40. The highest BCUT2D eigenvalue weighted by Crippen LogP contribution is 2.21. The Labute approximate surface area is 118 Å². The molecule has 0 spiro atoms. The van der Waals surface area contributed by atoms with Gasteiger partial charge in [0, 0.05) is 32.2 Å². The Morgan fingerprint density at radius 2 is 2.16 bits per heavy atom. The summed E-state index contributed by atoms with van der Waals surface area (Å²) in [5.41, 5.74) is 0. The SMILES string of the molecule is Cn1cc(S(=O)(=O)N2CCC(OCCCl)CC2)cn1. The maximum Gasteiger partial charge on any atom is 0.246 e. The van der Waals surface area contributed by atoms with Gasteiger partial charge in [0.05, 0.1) is 18.9 Å². The fourth-order valence-corrected chi connectivity index (χ4v) is 3.68. The fourth-order valence-electron chi connectivity index (χ4n) is 2.13. The lowest BCUT2D eigenvalue weighted by Gasteiger charge is -2.30. The fraction of sp³-hybridized carbons (Fsp3) is 0.727. The van der Waals surface area contributed by atoms with Crippen LogP contribution < -0.4 is 0 Å². The number of halogens is 1. The molecule has 0 aliphatic carbocycles. The van der Waals surface area contributed by atoms with Crippen molar-refractivity contribution >= 4 is 21.6 Å². The number of alkyl halides is 1. The summed E-state index contributed by atoms with van der Waals surface area (Å²) < 4.78 is 33.2. The van der Waals surface area contributed by atoms with Crippen LogP contribution >= 0.6 is 11.6 Å². The molecule has 6 nitrogen and oxygen atoms in total. The van der Waals surface area contributed by atoms with Gasteiger partial charge in [-0.05, 0) is 12.8 Å². The Kier molecular flexibility index (Phi) is 4.83. The van der Waals surface area contributed by atoms with E-state index in [4.69, 9.17) is 16.3 Å². The van der Waals surface area contributed by atoms with Crippen LogP contribution in [0.1, 0.15) is 12.8 Å². The Morgan fingerprint density at radius 1 is 1.47 bits per heavy atom. The normalized spacial score (nSPS) is 18.8. The van der Waals surface area contributed by atoms with Gasteiger partial charge in [0.1, 0.15) is 4.90 Å². The minimum absolute atomic E-state index is 0.110. The van der Waals surface area contributed by atoms with Gasteiger partial charge in [-0.15, -0.1) is 11.6 Å². The molecule has 0 N–H and O–H groups in total. The number of rotatable bonds is 5. The molecule has 2 rings (SSSR count). The monoisotopic (exact) mass is 307 g/mol. The second-order valence-electron chi connectivity index (χ2n) is 4.51. The van der Waals surface area contributed by atoms with Crippen LogP contribution in [0.5, 0.6) is 0 Å². The van der Waals surface area contributed by atoms with Gasteiger partial charge < -0.3 is 4.74 Å². The van der Waals surface area contributed by atoms with Crippen molar-refractivity contribution < 1.29 is 13.2 Å². The maximum atomic E-state index is 12.3. The summed E-state index contributed by atoms with van der Waals surface area (Å²) in [5, 5.41) is 3.90. The number of nitrogens with zero attached hydrogens (tertiary/aromatic N) is 3. The molecule has 108 valence electrons. The van der Waals surface area contributed by atoms with E-state index in [2.05, 4.69) is 5.10 Å². The predicted octanol–water partition coefficient (Wildman–Crippen LogP) is 0.829. The Morgan fingerprint density at radius 3 is 2.68 bits per heavy atom. The third-order valence-electron chi connectivity index (χ3n) is 3.15. The molecule has 0 bridgehead atoms. The quantitative estimate of drug-likeness (QED) is 0.756. The van der Waals surface area contributed by atoms with E-state index in [1.54, 1.807) is 7.05 Å². The molecular formula is C11H18ClN3O3S. The number of sulfonamides is 1. The molecule has 1 aromatic heterocycles. The number of piperidine rings is 1. The van der Waals surface area contributed by atoms with Crippen LogP contribution in [0, 0.1) is 0 Å². The molecular weight excluding hydrogens is 290 g/mol. The molecule has 0 radical (unpaired) electrons. The molecule has 1 aliphatic heterocycles. The molecule has 19 heavy (non-hydrogen) atoms. The first kappa shape index (κ1) is 14.8. The summed E-state index contributed by atoms with van der Waals surface area (Å²) in [5.74, 6) is 0.466. The summed E-state index contributed by atoms with van der Waals surface area (Å²) in [7, 11) is -1.72.